The van der Waals surface area contributed by atoms with Crippen LogP contribution >= 0.6 is 0 Å². The third-order valence-electron chi connectivity index (χ3n) is 3.38. The fourth-order valence-electron chi connectivity index (χ4n) is 2.38. The van der Waals surface area contributed by atoms with Crippen LogP contribution in [0.5, 0.6) is 0 Å². The molecular weight excluding hydrogens is 228 g/mol. The monoisotopic (exact) mass is 248 g/mol. The summed E-state index contributed by atoms with van der Waals surface area (Å²) in [5.74, 6) is 0. The molecule has 0 aliphatic heterocycles. The number of benzene rings is 1. The standard InChI is InChI=1S/C14H20N2O2/c17-10-13(11-6-2-1-3-7-11)16-14(18)15-12-8-4-5-9-12/h1-3,6-7,12-13,17H,4-5,8-10H2,(H2,15,16,18). The van der Waals surface area contributed by atoms with Crippen LogP contribution < -0.4 is 10.6 Å². The van der Waals surface area contributed by atoms with E-state index < -0.39 is 0 Å². The van der Waals surface area contributed by atoms with Crippen LogP contribution in [0.3, 0.4) is 0 Å². The number of rotatable bonds is 4. The Labute approximate surface area is 107 Å². The number of hydrogen-bond donors (Lipinski definition) is 3. The van der Waals surface area contributed by atoms with Gasteiger partial charge in [-0.15, -0.1) is 0 Å². The number of carbonyl (C=O) groups is 1. The Bertz CT molecular complexity index is 375. The Morgan fingerprint density at radius 3 is 2.56 bits per heavy atom. The topological polar surface area (TPSA) is 61.4 Å². The lowest BCUT2D eigenvalue weighted by molar-refractivity contribution is 0.214. The molecule has 1 aromatic carbocycles. The number of aliphatic hydroxyl groups excluding tert-OH is 1. The summed E-state index contributed by atoms with van der Waals surface area (Å²) in [5.41, 5.74) is 0.918. The molecule has 0 radical (unpaired) electrons. The fraction of sp³-hybridized carbons (Fsp3) is 0.500. The van der Waals surface area contributed by atoms with Gasteiger partial charge in [0.1, 0.15) is 0 Å². The van der Waals surface area contributed by atoms with Gasteiger partial charge in [-0.25, -0.2) is 4.79 Å². The summed E-state index contributed by atoms with van der Waals surface area (Å²) in [5, 5.41) is 15.1. The van der Waals surface area contributed by atoms with Gasteiger partial charge in [-0.3, -0.25) is 0 Å². The predicted molar refractivity (Wildman–Crippen MR) is 70.2 cm³/mol. The number of aliphatic hydroxyl groups is 1. The van der Waals surface area contributed by atoms with Crippen molar-refractivity contribution in [2.45, 2.75) is 37.8 Å². The van der Waals surface area contributed by atoms with Gasteiger partial charge in [0.25, 0.3) is 0 Å². The number of amides is 2. The van der Waals surface area contributed by atoms with E-state index in [1.54, 1.807) is 0 Å². The van der Waals surface area contributed by atoms with Crippen LogP contribution in [0.15, 0.2) is 30.3 Å². The zero-order valence-electron chi connectivity index (χ0n) is 10.4. The summed E-state index contributed by atoms with van der Waals surface area (Å²) < 4.78 is 0. The molecule has 4 heteroatoms. The van der Waals surface area contributed by atoms with E-state index in [0.717, 1.165) is 18.4 Å². The molecule has 0 bridgehead atoms. The third kappa shape index (κ3) is 3.47. The van der Waals surface area contributed by atoms with E-state index in [1.807, 2.05) is 30.3 Å². The molecule has 0 aromatic heterocycles. The fourth-order valence-corrected chi connectivity index (χ4v) is 2.38. The molecule has 98 valence electrons. The number of hydrogen-bond acceptors (Lipinski definition) is 2. The first-order valence-electron chi connectivity index (χ1n) is 6.52. The van der Waals surface area contributed by atoms with E-state index in [0.29, 0.717) is 6.04 Å². The molecular formula is C14H20N2O2. The molecule has 2 amide bonds. The summed E-state index contributed by atoms with van der Waals surface area (Å²) in [7, 11) is 0. The number of urea groups is 1. The summed E-state index contributed by atoms with van der Waals surface area (Å²) in [6.07, 6.45) is 4.49. The maximum atomic E-state index is 11.8. The number of nitrogens with one attached hydrogen (secondary N) is 2. The molecule has 1 aliphatic carbocycles. The molecule has 1 saturated carbocycles. The van der Waals surface area contributed by atoms with Gasteiger partial charge in [0.15, 0.2) is 0 Å². The molecule has 0 saturated heterocycles. The maximum Gasteiger partial charge on any atom is 0.315 e. The van der Waals surface area contributed by atoms with Gasteiger partial charge in [-0.05, 0) is 18.4 Å². The second-order valence-corrected chi connectivity index (χ2v) is 4.75. The van der Waals surface area contributed by atoms with Gasteiger partial charge in [0.05, 0.1) is 12.6 Å². The smallest absolute Gasteiger partial charge is 0.315 e. The van der Waals surface area contributed by atoms with Crippen LogP contribution in [-0.2, 0) is 0 Å². The lowest BCUT2D eigenvalue weighted by Gasteiger charge is -2.19. The van der Waals surface area contributed by atoms with E-state index in [9.17, 15) is 9.90 Å². The molecule has 1 unspecified atom stereocenters. The minimum atomic E-state index is -0.340. The zero-order chi connectivity index (χ0) is 12.8. The maximum absolute atomic E-state index is 11.8. The molecule has 4 nitrogen and oxygen atoms in total. The first-order chi connectivity index (χ1) is 8.79. The van der Waals surface area contributed by atoms with Gasteiger partial charge in [0.2, 0.25) is 0 Å². The quantitative estimate of drug-likeness (QED) is 0.762. The summed E-state index contributed by atoms with van der Waals surface area (Å²) in [4.78, 5) is 11.8. The van der Waals surface area contributed by atoms with E-state index in [1.165, 1.54) is 12.8 Å². The Balaban J connectivity index is 1.87. The van der Waals surface area contributed by atoms with Crippen molar-refractivity contribution in [3.8, 4) is 0 Å². The third-order valence-corrected chi connectivity index (χ3v) is 3.38. The van der Waals surface area contributed by atoms with E-state index >= 15 is 0 Å². The average molecular weight is 248 g/mol. The van der Waals surface area contributed by atoms with Crippen molar-refractivity contribution in [2.75, 3.05) is 6.61 Å². The highest BCUT2D eigenvalue weighted by molar-refractivity contribution is 5.74. The van der Waals surface area contributed by atoms with E-state index in [-0.39, 0.29) is 18.7 Å². The van der Waals surface area contributed by atoms with E-state index in [2.05, 4.69) is 10.6 Å². The largest absolute Gasteiger partial charge is 0.394 e. The van der Waals surface area contributed by atoms with Crippen molar-refractivity contribution in [3.05, 3.63) is 35.9 Å². The second kappa shape index (κ2) is 6.40. The predicted octanol–water partition coefficient (Wildman–Crippen LogP) is 1.96. The zero-order valence-corrected chi connectivity index (χ0v) is 10.4. The van der Waals surface area contributed by atoms with Crippen molar-refractivity contribution in [3.63, 3.8) is 0 Å². The lowest BCUT2D eigenvalue weighted by atomic mass is 10.1. The van der Waals surface area contributed by atoms with Crippen molar-refractivity contribution in [1.82, 2.24) is 10.6 Å². The van der Waals surface area contributed by atoms with E-state index in [4.69, 9.17) is 0 Å². The van der Waals surface area contributed by atoms with Crippen molar-refractivity contribution in [1.29, 1.82) is 0 Å². The van der Waals surface area contributed by atoms with Crippen LogP contribution in [0.2, 0.25) is 0 Å². The van der Waals surface area contributed by atoms with Gasteiger partial charge >= 0.3 is 6.03 Å². The van der Waals surface area contributed by atoms with Crippen molar-refractivity contribution >= 4 is 6.03 Å². The molecule has 3 N–H and O–H groups in total. The molecule has 0 heterocycles. The normalized spacial score (nSPS) is 17.4. The van der Waals surface area contributed by atoms with Gasteiger partial charge in [-0.2, -0.15) is 0 Å². The summed E-state index contributed by atoms with van der Waals surface area (Å²) >= 11 is 0. The van der Waals surface area contributed by atoms with Crippen LogP contribution in [0.25, 0.3) is 0 Å². The highest BCUT2D eigenvalue weighted by Crippen LogP contribution is 2.18. The molecule has 1 aliphatic rings. The molecule has 1 fully saturated rings. The highest BCUT2D eigenvalue weighted by Gasteiger charge is 2.19. The molecule has 2 rings (SSSR count). The lowest BCUT2D eigenvalue weighted by Crippen LogP contribution is -2.43. The Morgan fingerprint density at radius 1 is 1.28 bits per heavy atom. The van der Waals surface area contributed by atoms with Crippen LogP contribution in [-0.4, -0.2) is 23.8 Å². The van der Waals surface area contributed by atoms with Crippen LogP contribution in [0, 0.1) is 0 Å². The summed E-state index contributed by atoms with van der Waals surface area (Å²) in [6, 6.07) is 9.27. The molecule has 0 spiro atoms. The Morgan fingerprint density at radius 2 is 1.94 bits per heavy atom. The second-order valence-electron chi connectivity index (χ2n) is 4.75. The molecule has 1 atom stereocenters. The first-order valence-corrected chi connectivity index (χ1v) is 6.52. The highest BCUT2D eigenvalue weighted by atomic mass is 16.3. The van der Waals surface area contributed by atoms with Crippen molar-refractivity contribution < 1.29 is 9.90 Å². The molecule has 1 aromatic rings. The number of carbonyl (C=O) groups excluding carboxylic acids is 1. The minimum absolute atomic E-state index is 0.0951. The Kier molecular flexibility index (Phi) is 4.59. The van der Waals surface area contributed by atoms with Gasteiger partial charge in [0, 0.05) is 6.04 Å². The van der Waals surface area contributed by atoms with Gasteiger partial charge < -0.3 is 15.7 Å². The van der Waals surface area contributed by atoms with Crippen LogP contribution in [0.4, 0.5) is 4.79 Å². The van der Waals surface area contributed by atoms with Crippen molar-refractivity contribution in [2.24, 2.45) is 0 Å². The summed E-state index contributed by atoms with van der Waals surface area (Å²) in [6.45, 7) is -0.0951. The van der Waals surface area contributed by atoms with Crippen LogP contribution in [0.1, 0.15) is 37.3 Å². The van der Waals surface area contributed by atoms with Gasteiger partial charge in [-0.1, -0.05) is 43.2 Å². The minimum Gasteiger partial charge on any atom is -0.394 e. The SMILES string of the molecule is O=C(NC1CCCC1)NC(CO)c1ccccc1. The molecule has 18 heavy (non-hydrogen) atoms. The first kappa shape index (κ1) is 12.9. The average Bonchev–Trinajstić information content (AvgIpc) is 2.90. The Hall–Kier alpha value is -1.55.